The SMILES string of the molecule is CC1(C)CCCC(CCCC(=O)O)(C(=O)O)C1. The molecule has 0 saturated heterocycles. The molecule has 0 aliphatic heterocycles. The van der Waals surface area contributed by atoms with Crippen LogP contribution in [0.1, 0.15) is 58.8 Å². The van der Waals surface area contributed by atoms with Crippen LogP contribution in [0.3, 0.4) is 0 Å². The van der Waals surface area contributed by atoms with E-state index in [0.717, 1.165) is 12.8 Å². The van der Waals surface area contributed by atoms with Crippen molar-refractivity contribution in [1.82, 2.24) is 0 Å². The van der Waals surface area contributed by atoms with Crippen LogP contribution in [-0.2, 0) is 9.59 Å². The van der Waals surface area contributed by atoms with Gasteiger partial charge in [-0.15, -0.1) is 0 Å². The lowest BCUT2D eigenvalue weighted by atomic mass is 9.62. The van der Waals surface area contributed by atoms with Crippen LogP contribution in [0.2, 0.25) is 0 Å². The lowest BCUT2D eigenvalue weighted by molar-refractivity contribution is -0.155. The molecular formula is C13H22O4. The van der Waals surface area contributed by atoms with Crippen molar-refractivity contribution in [2.75, 3.05) is 0 Å². The smallest absolute Gasteiger partial charge is 0.309 e. The Balaban J connectivity index is 2.69. The van der Waals surface area contributed by atoms with Crippen molar-refractivity contribution < 1.29 is 19.8 Å². The van der Waals surface area contributed by atoms with Crippen molar-refractivity contribution in [2.24, 2.45) is 10.8 Å². The quantitative estimate of drug-likeness (QED) is 0.777. The van der Waals surface area contributed by atoms with Crippen molar-refractivity contribution in [3.05, 3.63) is 0 Å². The summed E-state index contributed by atoms with van der Waals surface area (Å²) in [5, 5.41) is 18.1. The molecule has 0 heterocycles. The molecular weight excluding hydrogens is 220 g/mol. The van der Waals surface area contributed by atoms with Crippen molar-refractivity contribution in [2.45, 2.75) is 58.8 Å². The minimum Gasteiger partial charge on any atom is -0.481 e. The summed E-state index contributed by atoms with van der Waals surface area (Å²) in [5.74, 6) is -1.60. The second-order valence-electron chi connectivity index (χ2n) is 6.03. The Morgan fingerprint density at radius 3 is 2.29 bits per heavy atom. The Labute approximate surface area is 102 Å². The van der Waals surface area contributed by atoms with Gasteiger partial charge in [-0.3, -0.25) is 9.59 Å². The molecule has 4 nitrogen and oxygen atoms in total. The molecule has 0 amide bonds. The van der Waals surface area contributed by atoms with Crippen LogP contribution in [-0.4, -0.2) is 22.2 Å². The van der Waals surface area contributed by atoms with E-state index in [1.165, 1.54) is 0 Å². The predicted molar refractivity (Wildman–Crippen MR) is 63.8 cm³/mol. The van der Waals surface area contributed by atoms with Gasteiger partial charge in [0.25, 0.3) is 0 Å². The van der Waals surface area contributed by atoms with Gasteiger partial charge in [0.2, 0.25) is 0 Å². The zero-order valence-electron chi connectivity index (χ0n) is 10.7. The van der Waals surface area contributed by atoms with Gasteiger partial charge in [0, 0.05) is 6.42 Å². The van der Waals surface area contributed by atoms with Crippen LogP contribution >= 0.6 is 0 Å². The topological polar surface area (TPSA) is 74.6 Å². The first-order valence-corrected chi connectivity index (χ1v) is 6.23. The average Bonchev–Trinajstić information content (AvgIpc) is 2.15. The predicted octanol–water partition coefficient (Wildman–Crippen LogP) is 2.91. The van der Waals surface area contributed by atoms with Gasteiger partial charge >= 0.3 is 11.9 Å². The number of aliphatic carboxylic acids is 2. The Morgan fingerprint density at radius 2 is 1.82 bits per heavy atom. The monoisotopic (exact) mass is 242 g/mol. The maximum Gasteiger partial charge on any atom is 0.309 e. The second kappa shape index (κ2) is 5.07. The van der Waals surface area contributed by atoms with E-state index in [9.17, 15) is 14.7 Å². The lowest BCUT2D eigenvalue weighted by Gasteiger charge is -2.42. The van der Waals surface area contributed by atoms with Gasteiger partial charge in [-0.25, -0.2) is 0 Å². The van der Waals surface area contributed by atoms with Crippen LogP contribution in [0.5, 0.6) is 0 Å². The largest absolute Gasteiger partial charge is 0.481 e. The van der Waals surface area contributed by atoms with Gasteiger partial charge in [-0.1, -0.05) is 20.3 Å². The third kappa shape index (κ3) is 3.72. The van der Waals surface area contributed by atoms with Crippen molar-refractivity contribution >= 4 is 11.9 Å². The van der Waals surface area contributed by atoms with Crippen molar-refractivity contribution in [3.8, 4) is 0 Å². The molecule has 1 aliphatic carbocycles. The molecule has 0 aromatic carbocycles. The number of carboxylic acid groups (broad SMARTS) is 2. The number of hydrogen-bond donors (Lipinski definition) is 2. The molecule has 1 fully saturated rings. The Hall–Kier alpha value is -1.06. The molecule has 4 heteroatoms. The van der Waals surface area contributed by atoms with E-state index in [4.69, 9.17) is 5.11 Å². The first kappa shape index (κ1) is 14.0. The van der Waals surface area contributed by atoms with Gasteiger partial charge in [0.1, 0.15) is 0 Å². The highest BCUT2D eigenvalue weighted by Gasteiger charge is 2.45. The third-order valence-electron chi connectivity index (χ3n) is 3.83. The zero-order valence-corrected chi connectivity index (χ0v) is 10.7. The average molecular weight is 242 g/mol. The van der Waals surface area contributed by atoms with E-state index < -0.39 is 17.4 Å². The Kier molecular flexibility index (Phi) is 4.17. The normalized spacial score (nSPS) is 27.6. The molecule has 1 unspecified atom stereocenters. The molecule has 0 aromatic heterocycles. The molecule has 0 bridgehead atoms. The number of rotatable bonds is 5. The summed E-state index contributed by atoms with van der Waals surface area (Å²) in [5.41, 5.74) is -0.642. The second-order valence-corrected chi connectivity index (χ2v) is 6.03. The standard InChI is InChI=1S/C13H22O4/c1-12(2)6-4-8-13(9-12,11(16)17)7-3-5-10(14)15/h3-9H2,1-2H3,(H,14,15)(H,16,17). The Bertz CT molecular complexity index is 309. The van der Waals surface area contributed by atoms with Crippen LogP contribution in [0, 0.1) is 10.8 Å². The molecule has 1 rings (SSSR count). The van der Waals surface area contributed by atoms with Crippen LogP contribution in [0.4, 0.5) is 0 Å². The summed E-state index contributed by atoms with van der Waals surface area (Å²) < 4.78 is 0. The maximum atomic E-state index is 11.5. The summed E-state index contributed by atoms with van der Waals surface area (Å²) in [6, 6.07) is 0. The number of carbonyl (C=O) groups is 2. The first-order chi connectivity index (χ1) is 7.77. The summed E-state index contributed by atoms with van der Waals surface area (Å²) in [6.45, 7) is 4.20. The summed E-state index contributed by atoms with van der Waals surface area (Å²) in [4.78, 5) is 22.0. The van der Waals surface area contributed by atoms with Gasteiger partial charge < -0.3 is 10.2 Å². The van der Waals surface area contributed by atoms with Gasteiger partial charge in [-0.05, 0) is 37.5 Å². The van der Waals surface area contributed by atoms with Crippen molar-refractivity contribution in [3.63, 3.8) is 0 Å². The van der Waals surface area contributed by atoms with E-state index >= 15 is 0 Å². The highest BCUT2D eigenvalue weighted by atomic mass is 16.4. The lowest BCUT2D eigenvalue weighted by Crippen LogP contribution is -2.39. The van der Waals surface area contributed by atoms with Gasteiger partial charge in [0.05, 0.1) is 5.41 Å². The number of hydrogen-bond acceptors (Lipinski definition) is 2. The third-order valence-corrected chi connectivity index (χ3v) is 3.83. The van der Waals surface area contributed by atoms with E-state index in [1.54, 1.807) is 0 Å². The maximum absolute atomic E-state index is 11.5. The first-order valence-electron chi connectivity index (χ1n) is 6.23. The Morgan fingerprint density at radius 1 is 1.18 bits per heavy atom. The minimum absolute atomic E-state index is 0.0554. The summed E-state index contributed by atoms with van der Waals surface area (Å²) >= 11 is 0. The molecule has 0 aromatic rings. The van der Waals surface area contributed by atoms with Crippen LogP contribution in [0.25, 0.3) is 0 Å². The van der Waals surface area contributed by atoms with E-state index in [0.29, 0.717) is 25.7 Å². The molecule has 0 radical (unpaired) electrons. The van der Waals surface area contributed by atoms with E-state index in [-0.39, 0.29) is 11.8 Å². The molecule has 2 N–H and O–H groups in total. The van der Waals surface area contributed by atoms with Gasteiger partial charge in [0.15, 0.2) is 0 Å². The molecule has 98 valence electrons. The highest BCUT2D eigenvalue weighted by molar-refractivity contribution is 5.75. The van der Waals surface area contributed by atoms with E-state index in [1.807, 2.05) is 0 Å². The zero-order chi connectivity index (χ0) is 13.1. The molecule has 1 aliphatic rings. The summed E-state index contributed by atoms with van der Waals surface area (Å²) in [7, 11) is 0. The van der Waals surface area contributed by atoms with Crippen LogP contribution < -0.4 is 0 Å². The van der Waals surface area contributed by atoms with E-state index in [2.05, 4.69) is 13.8 Å². The van der Waals surface area contributed by atoms with Gasteiger partial charge in [-0.2, -0.15) is 0 Å². The van der Waals surface area contributed by atoms with Crippen molar-refractivity contribution in [1.29, 1.82) is 0 Å². The molecule has 0 spiro atoms. The number of carboxylic acids is 2. The molecule has 1 atom stereocenters. The fourth-order valence-corrected chi connectivity index (χ4v) is 3.08. The molecule has 17 heavy (non-hydrogen) atoms. The fourth-order valence-electron chi connectivity index (χ4n) is 3.08. The van der Waals surface area contributed by atoms with Crippen LogP contribution in [0.15, 0.2) is 0 Å². The fraction of sp³-hybridized carbons (Fsp3) is 0.846. The highest BCUT2D eigenvalue weighted by Crippen LogP contribution is 2.49. The minimum atomic E-state index is -0.847. The summed E-state index contributed by atoms with van der Waals surface area (Å²) in [6.07, 6.45) is 4.33. The molecule has 1 saturated carbocycles.